The maximum atomic E-state index is 12.7. The number of hydrogen-bond acceptors (Lipinski definition) is 3. The summed E-state index contributed by atoms with van der Waals surface area (Å²) in [6.45, 7) is 4.02. The lowest BCUT2D eigenvalue weighted by Crippen LogP contribution is -2.39. The first-order chi connectivity index (χ1) is 11.7. The number of rotatable bonds is 2. The second-order valence-corrected chi connectivity index (χ2v) is 6.37. The van der Waals surface area contributed by atoms with E-state index in [0.717, 1.165) is 30.0 Å². The van der Waals surface area contributed by atoms with E-state index >= 15 is 0 Å². The molecule has 0 aromatic heterocycles. The summed E-state index contributed by atoms with van der Waals surface area (Å²) in [7, 11) is 0. The van der Waals surface area contributed by atoms with Gasteiger partial charge in [0, 0.05) is 6.54 Å². The summed E-state index contributed by atoms with van der Waals surface area (Å²) in [5, 5.41) is 0. The Morgan fingerprint density at radius 2 is 1.83 bits per heavy atom. The second-order valence-electron chi connectivity index (χ2n) is 6.37. The van der Waals surface area contributed by atoms with Gasteiger partial charge in [-0.1, -0.05) is 30.3 Å². The van der Waals surface area contributed by atoms with Crippen molar-refractivity contribution in [2.75, 3.05) is 19.8 Å². The van der Waals surface area contributed by atoms with Gasteiger partial charge in [0.05, 0.1) is 12.5 Å². The van der Waals surface area contributed by atoms with Crippen molar-refractivity contribution in [1.29, 1.82) is 0 Å². The number of benzene rings is 2. The first kappa shape index (κ1) is 15.1. The van der Waals surface area contributed by atoms with Crippen molar-refractivity contribution in [1.82, 2.24) is 4.90 Å². The van der Waals surface area contributed by atoms with Gasteiger partial charge in [-0.3, -0.25) is 4.79 Å². The van der Waals surface area contributed by atoms with Gasteiger partial charge in [0.25, 0.3) is 0 Å². The summed E-state index contributed by atoms with van der Waals surface area (Å²) in [5.41, 5.74) is 3.49. The van der Waals surface area contributed by atoms with Crippen LogP contribution in [0.1, 0.15) is 29.7 Å². The molecule has 2 aliphatic rings. The van der Waals surface area contributed by atoms with Crippen LogP contribution in [0.25, 0.3) is 0 Å². The van der Waals surface area contributed by atoms with Gasteiger partial charge >= 0.3 is 0 Å². The fourth-order valence-corrected chi connectivity index (χ4v) is 3.57. The number of hydrogen-bond donors (Lipinski definition) is 0. The van der Waals surface area contributed by atoms with Gasteiger partial charge in [0.2, 0.25) is 5.91 Å². The first-order valence-electron chi connectivity index (χ1n) is 8.48. The Morgan fingerprint density at radius 1 is 1.12 bits per heavy atom. The molecule has 124 valence electrons. The SMILES string of the molecule is CC1c2cc3c(cc2CCN1C(=O)Cc1ccccc1)OCCO3. The fourth-order valence-electron chi connectivity index (χ4n) is 3.57. The van der Waals surface area contributed by atoms with Crippen LogP contribution in [0.15, 0.2) is 42.5 Å². The Hall–Kier alpha value is -2.49. The summed E-state index contributed by atoms with van der Waals surface area (Å²) in [5.74, 6) is 1.80. The van der Waals surface area contributed by atoms with Gasteiger partial charge in [-0.25, -0.2) is 0 Å². The van der Waals surface area contributed by atoms with Gasteiger partial charge in [-0.15, -0.1) is 0 Å². The van der Waals surface area contributed by atoms with Crippen molar-refractivity contribution in [3.05, 3.63) is 59.2 Å². The van der Waals surface area contributed by atoms with Gasteiger partial charge in [-0.2, -0.15) is 0 Å². The molecule has 0 saturated heterocycles. The lowest BCUT2D eigenvalue weighted by Gasteiger charge is -2.36. The van der Waals surface area contributed by atoms with Crippen LogP contribution in [0.4, 0.5) is 0 Å². The van der Waals surface area contributed by atoms with Crippen LogP contribution in [0.2, 0.25) is 0 Å². The molecule has 24 heavy (non-hydrogen) atoms. The van der Waals surface area contributed by atoms with Crippen molar-refractivity contribution in [2.45, 2.75) is 25.8 Å². The van der Waals surface area contributed by atoms with Crippen molar-refractivity contribution in [3.63, 3.8) is 0 Å². The van der Waals surface area contributed by atoms with Gasteiger partial charge in [-0.05, 0) is 42.2 Å². The largest absolute Gasteiger partial charge is 0.486 e. The molecule has 2 heterocycles. The Balaban J connectivity index is 1.57. The Kier molecular flexibility index (Phi) is 3.89. The molecule has 4 heteroatoms. The molecule has 4 rings (SSSR count). The number of fused-ring (bicyclic) bond motifs is 2. The first-order valence-corrected chi connectivity index (χ1v) is 8.48. The van der Waals surface area contributed by atoms with Crippen LogP contribution in [-0.4, -0.2) is 30.6 Å². The van der Waals surface area contributed by atoms with E-state index in [1.807, 2.05) is 35.2 Å². The van der Waals surface area contributed by atoms with Crippen LogP contribution in [0, 0.1) is 0 Å². The van der Waals surface area contributed by atoms with Crippen molar-refractivity contribution in [3.8, 4) is 11.5 Å². The quantitative estimate of drug-likeness (QED) is 0.852. The molecule has 0 fully saturated rings. The van der Waals surface area contributed by atoms with Crippen LogP contribution < -0.4 is 9.47 Å². The van der Waals surface area contributed by atoms with Crippen LogP contribution in [0.5, 0.6) is 11.5 Å². The highest BCUT2D eigenvalue weighted by atomic mass is 16.6. The third-order valence-corrected chi connectivity index (χ3v) is 4.86. The summed E-state index contributed by atoms with van der Waals surface area (Å²) in [6.07, 6.45) is 1.31. The molecule has 1 atom stereocenters. The predicted molar refractivity (Wildman–Crippen MR) is 91.4 cm³/mol. The molecule has 1 amide bonds. The minimum absolute atomic E-state index is 0.0563. The molecular formula is C20H21NO3. The van der Waals surface area contributed by atoms with E-state index in [1.165, 1.54) is 11.1 Å². The number of nitrogens with zero attached hydrogens (tertiary/aromatic N) is 1. The normalized spacial score (nSPS) is 18.9. The molecule has 2 aromatic carbocycles. The highest BCUT2D eigenvalue weighted by Gasteiger charge is 2.29. The smallest absolute Gasteiger partial charge is 0.227 e. The third kappa shape index (κ3) is 2.73. The number of carbonyl (C=O) groups is 1. The van der Waals surface area contributed by atoms with Crippen LogP contribution in [0.3, 0.4) is 0 Å². The lowest BCUT2D eigenvalue weighted by atomic mass is 9.92. The van der Waals surface area contributed by atoms with Gasteiger partial charge in [0.1, 0.15) is 13.2 Å². The maximum absolute atomic E-state index is 12.7. The van der Waals surface area contributed by atoms with Crippen LogP contribution in [-0.2, 0) is 17.6 Å². The molecule has 4 nitrogen and oxygen atoms in total. The Morgan fingerprint density at radius 3 is 2.58 bits per heavy atom. The number of carbonyl (C=O) groups excluding carboxylic acids is 1. The van der Waals surface area contributed by atoms with E-state index in [0.29, 0.717) is 19.6 Å². The minimum Gasteiger partial charge on any atom is -0.486 e. The molecule has 0 bridgehead atoms. The van der Waals surface area contributed by atoms with E-state index in [4.69, 9.17) is 9.47 Å². The average molecular weight is 323 g/mol. The van der Waals surface area contributed by atoms with E-state index in [-0.39, 0.29) is 11.9 Å². The number of ether oxygens (including phenoxy) is 2. The zero-order valence-electron chi connectivity index (χ0n) is 13.8. The minimum atomic E-state index is 0.0563. The third-order valence-electron chi connectivity index (χ3n) is 4.86. The van der Waals surface area contributed by atoms with E-state index in [9.17, 15) is 4.79 Å². The van der Waals surface area contributed by atoms with Gasteiger partial charge < -0.3 is 14.4 Å². The van der Waals surface area contributed by atoms with Gasteiger partial charge in [0.15, 0.2) is 11.5 Å². The highest BCUT2D eigenvalue weighted by Crippen LogP contribution is 2.39. The summed E-state index contributed by atoms with van der Waals surface area (Å²) < 4.78 is 11.4. The average Bonchev–Trinajstić information content (AvgIpc) is 2.61. The molecule has 1 unspecified atom stereocenters. The molecule has 0 radical (unpaired) electrons. The monoisotopic (exact) mass is 323 g/mol. The summed E-state index contributed by atoms with van der Waals surface area (Å²) >= 11 is 0. The van der Waals surface area contributed by atoms with E-state index < -0.39 is 0 Å². The fraction of sp³-hybridized carbons (Fsp3) is 0.350. The lowest BCUT2D eigenvalue weighted by molar-refractivity contribution is -0.133. The second kappa shape index (κ2) is 6.19. The summed E-state index contributed by atoms with van der Waals surface area (Å²) in [6, 6.07) is 14.1. The Bertz CT molecular complexity index is 757. The zero-order valence-corrected chi connectivity index (χ0v) is 13.8. The Labute approximate surface area is 142 Å². The van der Waals surface area contributed by atoms with E-state index in [1.54, 1.807) is 0 Å². The van der Waals surface area contributed by atoms with Crippen molar-refractivity contribution in [2.24, 2.45) is 0 Å². The molecule has 0 spiro atoms. The molecule has 2 aliphatic heterocycles. The van der Waals surface area contributed by atoms with Crippen molar-refractivity contribution < 1.29 is 14.3 Å². The molecule has 0 saturated carbocycles. The summed E-state index contributed by atoms with van der Waals surface area (Å²) in [4.78, 5) is 14.7. The highest BCUT2D eigenvalue weighted by molar-refractivity contribution is 5.79. The van der Waals surface area contributed by atoms with Crippen LogP contribution >= 0.6 is 0 Å². The standard InChI is InChI=1S/C20H21NO3/c1-14-17-13-19-18(23-9-10-24-19)12-16(17)7-8-21(14)20(22)11-15-5-3-2-4-6-15/h2-6,12-14H,7-11H2,1H3. The molecule has 2 aromatic rings. The molecule has 0 aliphatic carbocycles. The number of amides is 1. The molecular weight excluding hydrogens is 302 g/mol. The maximum Gasteiger partial charge on any atom is 0.227 e. The predicted octanol–water partition coefficient (Wildman–Crippen LogP) is 3.15. The van der Waals surface area contributed by atoms with E-state index in [2.05, 4.69) is 19.1 Å². The molecule has 0 N–H and O–H groups in total. The zero-order chi connectivity index (χ0) is 16.5. The van der Waals surface area contributed by atoms with Crippen molar-refractivity contribution >= 4 is 5.91 Å². The topological polar surface area (TPSA) is 38.8 Å².